The lowest BCUT2D eigenvalue weighted by Gasteiger charge is -2.35. The van der Waals surface area contributed by atoms with Crippen LogP contribution in [0.2, 0.25) is 0 Å². The summed E-state index contributed by atoms with van der Waals surface area (Å²) >= 11 is 7.07. The van der Waals surface area contributed by atoms with E-state index >= 15 is 0 Å². The highest BCUT2D eigenvalue weighted by Crippen LogP contribution is 2.48. The van der Waals surface area contributed by atoms with Crippen LogP contribution in [0.25, 0.3) is 0 Å². The molecule has 1 atom stereocenters. The first-order chi connectivity index (χ1) is 13.0. The van der Waals surface area contributed by atoms with E-state index in [-0.39, 0.29) is 6.10 Å². The zero-order valence-electron chi connectivity index (χ0n) is 15.1. The molecule has 0 spiro atoms. The zero-order chi connectivity index (χ0) is 19.0. The standard InChI is InChI=1S/C23H19Br2NO/c1-15(2)27-23(17-9-13-19(25)14-10-17)20-5-3-4-6-21(20)26-22(23)16-7-11-18(24)12-8-16/h3-15H,1-2H3. The SMILES string of the molecule is CC(C)OC1(c2ccc(Br)cc2)C(c2ccc(Br)cc2)=Nc2ccccc21. The van der Waals surface area contributed by atoms with Crippen molar-refractivity contribution < 1.29 is 4.74 Å². The van der Waals surface area contributed by atoms with Gasteiger partial charge in [0.25, 0.3) is 0 Å². The van der Waals surface area contributed by atoms with Gasteiger partial charge in [0.2, 0.25) is 0 Å². The smallest absolute Gasteiger partial charge is 0.163 e. The number of hydrogen-bond acceptors (Lipinski definition) is 2. The van der Waals surface area contributed by atoms with Crippen molar-refractivity contribution in [2.45, 2.75) is 25.6 Å². The number of rotatable bonds is 4. The Hall–Kier alpha value is -1.75. The van der Waals surface area contributed by atoms with Crippen LogP contribution in [0.1, 0.15) is 30.5 Å². The summed E-state index contributed by atoms with van der Waals surface area (Å²) in [6.07, 6.45) is 0.0282. The Kier molecular flexibility index (Phi) is 5.06. The molecule has 0 bridgehead atoms. The number of aliphatic imine (C=N–C) groups is 1. The van der Waals surface area contributed by atoms with Crippen LogP contribution < -0.4 is 0 Å². The summed E-state index contributed by atoms with van der Waals surface area (Å²) in [7, 11) is 0. The molecule has 3 aromatic carbocycles. The van der Waals surface area contributed by atoms with Crippen molar-refractivity contribution in [1.82, 2.24) is 0 Å². The van der Waals surface area contributed by atoms with E-state index < -0.39 is 5.60 Å². The van der Waals surface area contributed by atoms with Crippen molar-refractivity contribution in [2.24, 2.45) is 4.99 Å². The minimum absolute atomic E-state index is 0.0282. The molecule has 1 unspecified atom stereocenters. The maximum Gasteiger partial charge on any atom is 0.163 e. The molecule has 0 saturated heterocycles. The van der Waals surface area contributed by atoms with Gasteiger partial charge in [-0.1, -0.05) is 74.3 Å². The van der Waals surface area contributed by atoms with Crippen molar-refractivity contribution >= 4 is 43.3 Å². The third-order valence-corrected chi connectivity index (χ3v) is 5.69. The average molecular weight is 485 g/mol. The van der Waals surface area contributed by atoms with E-state index in [2.05, 4.69) is 100 Å². The number of hydrogen-bond donors (Lipinski definition) is 0. The minimum atomic E-state index is -0.737. The molecule has 0 N–H and O–H groups in total. The second-order valence-corrected chi connectivity index (χ2v) is 8.67. The molecule has 0 aliphatic carbocycles. The van der Waals surface area contributed by atoms with E-state index in [1.165, 1.54) is 0 Å². The Morgan fingerprint density at radius 3 is 2.04 bits per heavy atom. The largest absolute Gasteiger partial charge is 0.356 e. The first-order valence-corrected chi connectivity index (χ1v) is 10.5. The molecule has 0 amide bonds. The quantitative estimate of drug-likeness (QED) is 0.390. The lowest BCUT2D eigenvalue weighted by atomic mass is 9.80. The van der Waals surface area contributed by atoms with E-state index in [0.717, 1.165) is 37.0 Å². The van der Waals surface area contributed by atoms with Crippen molar-refractivity contribution in [2.75, 3.05) is 0 Å². The molecular formula is C23H19Br2NO. The van der Waals surface area contributed by atoms with E-state index in [9.17, 15) is 0 Å². The molecule has 0 aromatic heterocycles. The Morgan fingerprint density at radius 1 is 0.815 bits per heavy atom. The number of benzene rings is 3. The predicted molar refractivity (Wildman–Crippen MR) is 118 cm³/mol. The van der Waals surface area contributed by atoms with Crippen LogP contribution in [0.3, 0.4) is 0 Å². The maximum atomic E-state index is 6.69. The summed E-state index contributed by atoms with van der Waals surface area (Å²) < 4.78 is 8.77. The van der Waals surface area contributed by atoms with Gasteiger partial charge in [0.1, 0.15) is 0 Å². The second kappa shape index (κ2) is 7.34. The summed E-state index contributed by atoms with van der Waals surface area (Å²) in [5.74, 6) is 0. The van der Waals surface area contributed by atoms with Gasteiger partial charge in [-0.25, -0.2) is 4.99 Å². The van der Waals surface area contributed by atoms with Gasteiger partial charge in [-0.2, -0.15) is 0 Å². The van der Waals surface area contributed by atoms with Gasteiger partial charge >= 0.3 is 0 Å². The van der Waals surface area contributed by atoms with Gasteiger partial charge in [0.05, 0.1) is 17.5 Å². The Bertz CT molecular complexity index is 994. The fourth-order valence-corrected chi connectivity index (χ4v) is 4.12. The van der Waals surface area contributed by atoms with E-state index in [1.807, 2.05) is 18.2 Å². The first-order valence-electron chi connectivity index (χ1n) is 8.89. The van der Waals surface area contributed by atoms with Gasteiger partial charge < -0.3 is 4.74 Å². The number of ether oxygens (including phenoxy) is 1. The monoisotopic (exact) mass is 483 g/mol. The van der Waals surface area contributed by atoms with Crippen LogP contribution in [0.5, 0.6) is 0 Å². The third-order valence-electron chi connectivity index (χ3n) is 4.63. The molecule has 4 heteroatoms. The van der Waals surface area contributed by atoms with Gasteiger partial charge in [-0.05, 0) is 55.3 Å². The highest BCUT2D eigenvalue weighted by Gasteiger charge is 2.47. The summed E-state index contributed by atoms with van der Waals surface area (Å²) in [4.78, 5) is 5.02. The highest BCUT2D eigenvalue weighted by atomic mass is 79.9. The van der Waals surface area contributed by atoms with Gasteiger partial charge in [-0.15, -0.1) is 0 Å². The zero-order valence-corrected chi connectivity index (χ0v) is 18.3. The number of para-hydroxylation sites is 1. The van der Waals surface area contributed by atoms with Crippen LogP contribution in [-0.4, -0.2) is 11.8 Å². The van der Waals surface area contributed by atoms with Gasteiger partial charge in [-0.3, -0.25) is 0 Å². The second-order valence-electron chi connectivity index (χ2n) is 6.84. The number of fused-ring (bicyclic) bond motifs is 1. The molecule has 1 aliphatic rings. The normalized spacial score (nSPS) is 18.5. The molecule has 0 fully saturated rings. The topological polar surface area (TPSA) is 21.6 Å². The molecule has 0 radical (unpaired) electrons. The number of nitrogens with zero attached hydrogens (tertiary/aromatic N) is 1. The Labute approximate surface area is 176 Å². The lowest BCUT2D eigenvalue weighted by molar-refractivity contribution is -0.00786. The molecule has 4 rings (SSSR count). The molecule has 27 heavy (non-hydrogen) atoms. The predicted octanol–water partition coefficient (Wildman–Crippen LogP) is 7.01. The van der Waals surface area contributed by atoms with Gasteiger partial charge in [0, 0.05) is 14.5 Å². The van der Waals surface area contributed by atoms with Crippen LogP contribution in [0.15, 0.2) is 86.7 Å². The molecule has 3 aromatic rings. The van der Waals surface area contributed by atoms with Crippen molar-refractivity contribution in [1.29, 1.82) is 0 Å². The summed E-state index contributed by atoms with van der Waals surface area (Å²) in [5, 5.41) is 0. The summed E-state index contributed by atoms with van der Waals surface area (Å²) in [5.41, 5.74) is 4.35. The van der Waals surface area contributed by atoms with Crippen molar-refractivity contribution in [3.8, 4) is 0 Å². The molecule has 1 heterocycles. The minimum Gasteiger partial charge on any atom is -0.356 e. The van der Waals surface area contributed by atoms with E-state index in [1.54, 1.807) is 0 Å². The van der Waals surface area contributed by atoms with Crippen LogP contribution >= 0.6 is 31.9 Å². The molecular weight excluding hydrogens is 466 g/mol. The van der Waals surface area contributed by atoms with Crippen LogP contribution in [-0.2, 0) is 10.3 Å². The van der Waals surface area contributed by atoms with Crippen molar-refractivity contribution in [3.63, 3.8) is 0 Å². The lowest BCUT2D eigenvalue weighted by Crippen LogP contribution is -2.40. The van der Waals surface area contributed by atoms with Crippen molar-refractivity contribution in [3.05, 3.63) is 98.4 Å². The first kappa shape index (κ1) is 18.6. The number of halogens is 2. The summed E-state index contributed by atoms with van der Waals surface area (Å²) in [6, 6.07) is 24.9. The summed E-state index contributed by atoms with van der Waals surface area (Å²) in [6.45, 7) is 4.14. The molecule has 2 nitrogen and oxygen atoms in total. The Morgan fingerprint density at radius 2 is 1.41 bits per heavy atom. The van der Waals surface area contributed by atoms with Crippen LogP contribution in [0.4, 0.5) is 5.69 Å². The van der Waals surface area contributed by atoms with E-state index in [0.29, 0.717) is 0 Å². The van der Waals surface area contributed by atoms with E-state index in [4.69, 9.17) is 9.73 Å². The molecule has 136 valence electrons. The fourth-order valence-electron chi connectivity index (χ4n) is 3.59. The average Bonchev–Trinajstić information content (AvgIpc) is 2.98. The molecule has 0 saturated carbocycles. The Balaban J connectivity index is 2.00. The van der Waals surface area contributed by atoms with Gasteiger partial charge in [0.15, 0.2) is 5.60 Å². The highest BCUT2D eigenvalue weighted by molar-refractivity contribution is 9.10. The fraction of sp³-hybridized carbons (Fsp3) is 0.174. The molecule has 1 aliphatic heterocycles. The van der Waals surface area contributed by atoms with Crippen LogP contribution in [0, 0.1) is 0 Å². The third kappa shape index (κ3) is 3.31. The maximum absolute atomic E-state index is 6.69.